The van der Waals surface area contributed by atoms with Gasteiger partial charge in [0, 0.05) is 6.42 Å². The number of carbonyl (C=O) groups is 1. The highest BCUT2D eigenvalue weighted by Crippen LogP contribution is 2.22. The van der Waals surface area contributed by atoms with E-state index in [2.05, 4.69) is 52.0 Å². The number of esters is 1. The predicted octanol–water partition coefficient (Wildman–Crippen LogP) is 4.26. The normalized spacial score (nSPS) is 11.4. The Morgan fingerprint density at radius 2 is 1.79 bits per heavy atom. The summed E-state index contributed by atoms with van der Waals surface area (Å²) in [7, 11) is 0. The van der Waals surface area contributed by atoms with E-state index in [1.54, 1.807) is 0 Å². The van der Waals surface area contributed by atoms with E-state index >= 15 is 0 Å². The van der Waals surface area contributed by atoms with E-state index in [1.165, 1.54) is 11.1 Å². The number of carbonyl (C=O) groups excluding carboxylic acids is 1. The lowest BCUT2D eigenvalue weighted by atomic mass is 9.86. The maximum atomic E-state index is 11.5. The van der Waals surface area contributed by atoms with Crippen LogP contribution < -0.4 is 0 Å². The van der Waals surface area contributed by atoms with Crippen molar-refractivity contribution in [3.63, 3.8) is 0 Å². The van der Waals surface area contributed by atoms with Gasteiger partial charge in [0.2, 0.25) is 0 Å². The topological polar surface area (TPSA) is 26.3 Å². The highest BCUT2D eigenvalue weighted by Gasteiger charge is 2.13. The average Bonchev–Trinajstić information content (AvgIpc) is 2.36. The molecule has 2 heteroatoms. The van der Waals surface area contributed by atoms with Crippen LogP contribution in [-0.2, 0) is 21.4 Å². The van der Waals surface area contributed by atoms with Gasteiger partial charge in [-0.1, -0.05) is 58.4 Å². The molecule has 0 aromatic heterocycles. The molecule has 0 fully saturated rings. The SMILES string of the molecule is CCCCOC(=O)CCc1ccc(C(C)(C)C)cc1. The molecule has 0 aliphatic heterocycles. The Bertz CT molecular complexity index is 385. The minimum atomic E-state index is -0.0895. The number of ether oxygens (including phenoxy) is 1. The summed E-state index contributed by atoms with van der Waals surface area (Å²) in [5.74, 6) is -0.0895. The monoisotopic (exact) mass is 262 g/mol. The van der Waals surface area contributed by atoms with E-state index in [-0.39, 0.29) is 11.4 Å². The fraction of sp³-hybridized carbons (Fsp3) is 0.588. The van der Waals surface area contributed by atoms with Crippen LogP contribution in [0.4, 0.5) is 0 Å². The largest absolute Gasteiger partial charge is 0.466 e. The molecule has 1 aromatic rings. The molecule has 0 heterocycles. The van der Waals surface area contributed by atoms with Crippen molar-refractivity contribution >= 4 is 5.97 Å². The predicted molar refractivity (Wildman–Crippen MR) is 79.3 cm³/mol. The summed E-state index contributed by atoms with van der Waals surface area (Å²) in [5, 5.41) is 0. The van der Waals surface area contributed by atoms with Crippen molar-refractivity contribution in [2.75, 3.05) is 6.61 Å². The molecule has 0 aliphatic rings. The van der Waals surface area contributed by atoms with Crippen LogP contribution in [0.5, 0.6) is 0 Å². The molecule has 106 valence electrons. The van der Waals surface area contributed by atoms with Crippen molar-refractivity contribution in [3.05, 3.63) is 35.4 Å². The van der Waals surface area contributed by atoms with Crippen LogP contribution >= 0.6 is 0 Å². The first kappa shape index (κ1) is 15.7. The third-order valence-corrected chi connectivity index (χ3v) is 3.20. The minimum absolute atomic E-state index is 0.0895. The number of benzene rings is 1. The highest BCUT2D eigenvalue weighted by molar-refractivity contribution is 5.69. The van der Waals surface area contributed by atoms with Gasteiger partial charge in [-0.2, -0.15) is 0 Å². The Labute approximate surface area is 117 Å². The molecule has 0 N–H and O–H groups in total. The van der Waals surface area contributed by atoms with Crippen molar-refractivity contribution in [1.82, 2.24) is 0 Å². The number of rotatable bonds is 6. The molecule has 0 radical (unpaired) electrons. The van der Waals surface area contributed by atoms with E-state index in [9.17, 15) is 4.79 Å². The number of hydrogen-bond donors (Lipinski definition) is 0. The summed E-state index contributed by atoms with van der Waals surface area (Å²) in [4.78, 5) is 11.5. The van der Waals surface area contributed by atoms with Crippen LogP contribution in [0.25, 0.3) is 0 Å². The standard InChI is InChI=1S/C17H26O2/c1-5-6-13-19-16(18)12-9-14-7-10-15(11-8-14)17(2,3)4/h7-8,10-11H,5-6,9,12-13H2,1-4H3. The Morgan fingerprint density at radius 3 is 2.32 bits per heavy atom. The van der Waals surface area contributed by atoms with Gasteiger partial charge in [0.05, 0.1) is 6.61 Å². The smallest absolute Gasteiger partial charge is 0.306 e. The zero-order valence-corrected chi connectivity index (χ0v) is 12.7. The molecule has 0 aliphatic carbocycles. The second kappa shape index (κ2) is 7.32. The zero-order valence-electron chi connectivity index (χ0n) is 12.7. The number of aryl methyl sites for hydroxylation is 1. The van der Waals surface area contributed by atoms with Gasteiger partial charge in [-0.3, -0.25) is 4.79 Å². The molecule has 1 rings (SSSR count). The molecule has 2 nitrogen and oxygen atoms in total. The van der Waals surface area contributed by atoms with Crippen LogP contribution in [0.2, 0.25) is 0 Å². The third kappa shape index (κ3) is 5.91. The van der Waals surface area contributed by atoms with E-state index in [1.807, 2.05) is 0 Å². The summed E-state index contributed by atoms with van der Waals surface area (Å²) in [5.41, 5.74) is 2.69. The molecular weight excluding hydrogens is 236 g/mol. The molecule has 0 atom stereocenters. The minimum Gasteiger partial charge on any atom is -0.466 e. The van der Waals surface area contributed by atoms with Crippen molar-refractivity contribution in [3.8, 4) is 0 Å². The fourth-order valence-corrected chi connectivity index (χ4v) is 1.82. The number of unbranched alkanes of at least 4 members (excludes halogenated alkanes) is 1. The first-order valence-corrected chi connectivity index (χ1v) is 7.18. The van der Waals surface area contributed by atoms with Gasteiger partial charge in [-0.05, 0) is 29.4 Å². The van der Waals surface area contributed by atoms with E-state index in [4.69, 9.17) is 4.74 Å². The molecule has 0 unspecified atom stereocenters. The first-order valence-electron chi connectivity index (χ1n) is 7.18. The molecule has 0 amide bonds. The summed E-state index contributed by atoms with van der Waals surface area (Å²) in [6.07, 6.45) is 3.24. The molecule has 0 saturated heterocycles. The maximum Gasteiger partial charge on any atom is 0.306 e. The van der Waals surface area contributed by atoms with Crippen molar-refractivity contribution in [2.24, 2.45) is 0 Å². The van der Waals surface area contributed by atoms with Crippen molar-refractivity contribution < 1.29 is 9.53 Å². The number of hydrogen-bond acceptors (Lipinski definition) is 2. The van der Waals surface area contributed by atoms with E-state index in [0.717, 1.165) is 19.3 Å². The van der Waals surface area contributed by atoms with Crippen LogP contribution in [-0.4, -0.2) is 12.6 Å². The Hall–Kier alpha value is -1.31. The Kier molecular flexibility index (Phi) is 6.07. The van der Waals surface area contributed by atoms with Crippen molar-refractivity contribution in [1.29, 1.82) is 0 Å². The lowest BCUT2D eigenvalue weighted by Crippen LogP contribution is -2.11. The van der Waals surface area contributed by atoms with Gasteiger partial charge in [0.15, 0.2) is 0 Å². The molecular formula is C17H26O2. The second-order valence-corrected chi connectivity index (χ2v) is 6.02. The molecule has 1 aromatic carbocycles. The van der Waals surface area contributed by atoms with Gasteiger partial charge in [-0.25, -0.2) is 0 Å². The van der Waals surface area contributed by atoms with Crippen LogP contribution in [0, 0.1) is 0 Å². The van der Waals surface area contributed by atoms with Gasteiger partial charge < -0.3 is 4.74 Å². The average molecular weight is 262 g/mol. The molecule has 0 bridgehead atoms. The maximum absolute atomic E-state index is 11.5. The molecule has 19 heavy (non-hydrogen) atoms. The second-order valence-electron chi connectivity index (χ2n) is 6.02. The van der Waals surface area contributed by atoms with Gasteiger partial charge >= 0.3 is 5.97 Å². The van der Waals surface area contributed by atoms with Gasteiger partial charge in [-0.15, -0.1) is 0 Å². The summed E-state index contributed by atoms with van der Waals surface area (Å²) in [6, 6.07) is 8.52. The lowest BCUT2D eigenvalue weighted by molar-refractivity contribution is -0.143. The summed E-state index contributed by atoms with van der Waals surface area (Å²) >= 11 is 0. The third-order valence-electron chi connectivity index (χ3n) is 3.20. The van der Waals surface area contributed by atoms with E-state index in [0.29, 0.717) is 13.0 Å². The Balaban J connectivity index is 2.40. The quantitative estimate of drug-likeness (QED) is 0.565. The van der Waals surface area contributed by atoms with Crippen LogP contribution in [0.1, 0.15) is 58.1 Å². The molecule has 0 spiro atoms. The van der Waals surface area contributed by atoms with Gasteiger partial charge in [0.25, 0.3) is 0 Å². The fourth-order valence-electron chi connectivity index (χ4n) is 1.82. The van der Waals surface area contributed by atoms with Crippen LogP contribution in [0.15, 0.2) is 24.3 Å². The van der Waals surface area contributed by atoms with E-state index < -0.39 is 0 Å². The van der Waals surface area contributed by atoms with Crippen molar-refractivity contribution in [2.45, 2.75) is 58.8 Å². The van der Waals surface area contributed by atoms with Crippen LogP contribution in [0.3, 0.4) is 0 Å². The van der Waals surface area contributed by atoms with Gasteiger partial charge in [0.1, 0.15) is 0 Å². The first-order chi connectivity index (χ1) is 8.93. The molecule has 0 saturated carbocycles. The summed E-state index contributed by atoms with van der Waals surface area (Å²) in [6.45, 7) is 9.25. The lowest BCUT2D eigenvalue weighted by Gasteiger charge is -2.19. The summed E-state index contributed by atoms with van der Waals surface area (Å²) < 4.78 is 5.14. The Morgan fingerprint density at radius 1 is 1.16 bits per heavy atom. The highest BCUT2D eigenvalue weighted by atomic mass is 16.5. The zero-order chi connectivity index (χ0) is 14.3.